The molecule has 0 saturated carbocycles. The summed E-state index contributed by atoms with van der Waals surface area (Å²) in [5.74, 6) is 0.367. The van der Waals surface area contributed by atoms with Crippen molar-refractivity contribution in [2.75, 3.05) is 11.4 Å². The largest absolute Gasteiger partial charge is 0.479 e. The number of Topliss-reactive ketones (excluding diaryl/α,β-unsaturated/α-hetero) is 1. The number of rotatable bonds is 3. The highest BCUT2D eigenvalue weighted by Crippen LogP contribution is 2.36. The summed E-state index contributed by atoms with van der Waals surface area (Å²) in [5, 5.41) is 0. The van der Waals surface area contributed by atoms with Crippen LogP contribution < -0.4 is 15.4 Å². The standard InChI is InChI=1S/C14H18N2O3/c1-8(2)16-11-6-10(12(17)7-15)4-5-13(11)19-9(3)14(16)18/h4-6,8-9H,7,15H2,1-3H3. The third-order valence-electron chi connectivity index (χ3n) is 3.13. The lowest BCUT2D eigenvalue weighted by Gasteiger charge is -2.35. The van der Waals surface area contributed by atoms with Gasteiger partial charge in [-0.05, 0) is 39.0 Å². The SMILES string of the molecule is CC1Oc2ccc(C(=O)CN)cc2N(C(C)C)C1=O. The van der Waals surface area contributed by atoms with Crippen molar-refractivity contribution in [1.82, 2.24) is 0 Å². The van der Waals surface area contributed by atoms with Gasteiger partial charge in [-0.3, -0.25) is 9.59 Å². The van der Waals surface area contributed by atoms with E-state index in [0.717, 1.165) is 0 Å². The van der Waals surface area contributed by atoms with Crippen LogP contribution >= 0.6 is 0 Å². The zero-order chi connectivity index (χ0) is 14.2. The van der Waals surface area contributed by atoms with Crippen LogP contribution in [0.15, 0.2) is 18.2 Å². The highest BCUT2D eigenvalue weighted by atomic mass is 16.5. The smallest absolute Gasteiger partial charge is 0.268 e. The third-order valence-corrected chi connectivity index (χ3v) is 3.13. The lowest BCUT2D eigenvalue weighted by Crippen LogP contribution is -2.47. The Morgan fingerprint density at radius 1 is 1.47 bits per heavy atom. The third kappa shape index (κ3) is 2.33. The summed E-state index contributed by atoms with van der Waals surface area (Å²) >= 11 is 0. The Balaban J connectivity index is 2.51. The van der Waals surface area contributed by atoms with E-state index in [0.29, 0.717) is 17.0 Å². The van der Waals surface area contributed by atoms with Crippen molar-refractivity contribution in [3.05, 3.63) is 23.8 Å². The summed E-state index contributed by atoms with van der Waals surface area (Å²) in [6.07, 6.45) is -0.508. The summed E-state index contributed by atoms with van der Waals surface area (Å²) in [5.41, 5.74) is 6.50. The number of hydrogen-bond donors (Lipinski definition) is 1. The number of carbonyl (C=O) groups is 2. The van der Waals surface area contributed by atoms with E-state index in [1.54, 1.807) is 30.0 Å². The Hall–Kier alpha value is -1.88. The van der Waals surface area contributed by atoms with Crippen LogP contribution in [0.25, 0.3) is 0 Å². The van der Waals surface area contributed by atoms with Crippen molar-refractivity contribution in [1.29, 1.82) is 0 Å². The summed E-state index contributed by atoms with van der Waals surface area (Å²) in [7, 11) is 0. The van der Waals surface area contributed by atoms with Gasteiger partial charge in [0.1, 0.15) is 5.75 Å². The molecule has 1 heterocycles. The lowest BCUT2D eigenvalue weighted by atomic mass is 10.1. The van der Waals surface area contributed by atoms with Gasteiger partial charge in [0.05, 0.1) is 12.2 Å². The molecular weight excluding hydrogens is 244 g/mol. The van der Waals surface area contributed by atoms with E-state index in [9.17, 15) is 9.59 Å². The molecule has 0 spiro atoms. The Morgan fingerprint density at radius 2 is 2.16 bits per heavy atom. The van der Waals surface area contributed by atoms with Crippen molar-refractivity contribution in [3.63, 3.8) is 0 Å². The van der Waals surface area contributed by atoms with Gasteiger partial charge >= 0.3 is 0 Å². The maximum atomic E-state index is 12.2. The van der Waals surface area contributed by atoms with Gasteiger partial charge in [-0.25, -0.2) is 0 Å². The molecule has 1 aromatic rings. The summed E-state index contributed by atoms with van der Waals surface area (Å²) in [4.78, 5) is 25.5. The molecule has 0 bridgehead atoms. The van der Waals surface area contributed by atoms with E-state index >= 15 is 0 Å². The van der Waals surface area contributed by atoms with Gasteiger partial charge in [-0.1, -0.05) is 0 Å². The second-order valence-electron chi connectivity index (χ2n) is 4.87. The van der Waals surface area contributed by atoms with Crippen LogP contribution in [0, 0.1) is 0 Å². The van der Waals surface area contributed by atoms with Crippen molar-refractivity contribution in [2.45, 2.75) is 32.9 Å². The van der Waals surface area contributed by atoms with E-state index < -0.39 is 6.10 Å². The van der Waals surface area contributed by atoms with Crippen LogP contribution in [-0.2, 0) is 4.79 Å². The Labute approximate surface area is 112 Å². The predicted octanol–water partition coefficient (Wildman–Crippen LogP) is 1.35. The fourth-order valence-corrected chi connectivity index (χ4v) is 2.18. The maximum absolute atomic E-state index is 12.2. The quantitative estimate of drug-likeness (QED) is 0.835. The Bertz CT molecular complexity index is 525. The maximum Gasteiger partial charge on any atom is 0.268 e. The molecule has 1 aliphatic heterocycles. The van der Waals surface area contributed by atoms with Crippen LogP contribution in [0.4, 0.5) is 5.69 Å². The number of ketones is 1. The number of nitrogens with two attached hydrogens (primary N) is 1. The molecule has 5 nitrogen and oxygen atoms in total. The lowest BCUT2D eigenvalue weighted by molar-refractivity contribution is -0.125. The molecule has 1 aromatic carbocycles. The normalized spacial score (nSPS) is 18.3. The molecule has 5 heteroatoms. The minimum Gasteiger partial charge on any atom is -0.479 e. The number of ether oxygens (including phenoxy) is 1. The number of carbonyl (C=O) groups excluding carboxylic acids is 2. The average Bonchev–Trinajstić information content (AvgIpc) is 2.38. The minimum absolute atomic E-state index is 0.000767. The number of hydrogen-bond acceptors (Lipinski definition) is 4. The molecule has 0 saturated heterocycles. The van der Waals surface area contributed by atoms with Gasteiger partial charge in [0.2, 0.25) is 0 Å². The molecule has 102 valence electrons. The van der Waals surface area contributed by atoms with Crippen LogP contribution in [-0.4, -0.2) is 30.4 Å². The van der Waals surface area contributed by atoms with E-state index in [1.807, 2.05) is 13.8 Å². The Kier molecular flexibility index (Phi) is 3.57. The van der Waals surface area contributed by atoms with Crippen LogP contribution in [0.5, 0.6) is 5.75 Å². The molecular formula is C14H18N2O3. The highest BCUT2D eigenvalue weighted by Gasteiger charge is 2.33. The summed E-state index contributed by atoms with van der Waals surface area (Å²) in [6.45, 7) is 5.53. The van der Waals surface area contributed by atoms with Crippen molar-refractivity contribution >= 4 is 17.4 Å². The second-order valence-corrected chi connectivity index (χ2v) is 4.87. The molecule has 0 radical (unpaired) electrons. The Morgan fingerprint density at radius 3 is 2.74 bits per heavy atom. The van der Waals surface area contributed by atoms with E-state index in [-0.39, 0.29) is 24.3 Å². The zero-order valence-corrected chi connectivity index (χ0v) is 11.3. The van der Waals surface area contributed by atoms with Gasteiger partial charge < -0.3 is 15.4 Å². The average molecular weight is 262 g/mol. The van der Waals surface area contributed by atoms with Crippen molar-refractivity contribution in [3.8, 4) is 5.75 Å². The predicted molar refractivity (Wildman–Crippen MR) is 72.5 cm³/mol. The fourth-order valence-electron chi connectivity index (χ4n) is 2.18. The van der Waals surface area contributed by atoms with Crippen molar-refractivity contribution < 1.29 is 14.3 Å². The molecule has 1 atom stereocenters. The summed E-state index contributed by atoms with van der Waals surface area (Å²) in [6, 6.07) is 5.07. The van der Waals surface area contributed by atoms with E-state index in [1.165, 1.54) is 0 Å². The monoisotopic (exact) mass is 262 g/mol. The van der Waals surface area contributed by atoms with Crippen molar-refractivity contribution in [2.24, 2.45) is 5.73 Å². The molecule has 1 aliphatic rings. The molecule has 19 heavy (non-hydrogen) atoms. The molecule has 0 aromatic heterocycles. The molecule has 2 rings (SSSR count). The highest BCUT2D eigenvalue weighted by molar-refractivity contribution is 6.03. The number of amides is 1. The number of anilines is 1. The van der Waals surface area contributed by atoms with Gasteiger partial charge in [-0.15, -0.1) is 0 Å². The molecule has 0 fully saturated rings. The summed E-state index contributed by atoms with van der Waals surface area (Å²) < 4.78 is 5.56. The molecule has 1 unspecified atom stereocenters. The van der Waals surface area contributed by atoms with Crippen LogP contribution in [0.2, 0.25) is 0 Å². The van der Waals surface area contributed by atoms with Crippen LogP contribution in [0.3, 0.4) is 0 Å². The number of fused-ring (bicyclic) bond motifs is 1. The van der Waals surface area contributed by atoms with Gasteiger partial charge in [-0.2, -0.15) is 0 Å². The first-order valence-corrected chi connectivity index (χ1v) is 6.32. The van der Waals surface area contributed by atoms with Gasteiger partial charge in [0.15, 0.2) is 11.9 Å². The second kappa shape index (κ2) is 5.01. The fraction of sp³-hybridized carbons (Fsp3) is 0.429. The number of nitrogens with zero attached hydrogens (tertiary/aromatic N) is 1. The topological polar surface area (TPSA) is 72.6 Å². The first kappa shape index (κ1) is 13.5. The van der Waals surface area contributed by atoms with Crippen LogP contribution in [0.1, 0.15) is 31.1 Å². The zero-order valence-electron chi connectivity index (χ0n) is 11.3. The molecule has 1 amide bonds. The van der Waals surface area contributed by atoms with E-state index in [2.05, 4.69) is 0 Å². The van der Waals surface area contributed by atoms with Gasteiger partial charge in [0.25, 0.3) is 5.91 Å². The first-order chi connectivity index (χ1) is 8.95. The minimum atomic E-state index is -0.508. The first-order valence-electron chi connectivity index (χ1n) is 6.32. The number of benzene rings is 1. The van der Waals surface area contributed by atoms with E-state index in [4.69, 9.17) is 10.5 Å². The van der Waals surface area contributed by atoms with Gasteiger partial charge in [0, 0.05) is 11.6 Å². The molecule has 0 aliphatic carbocycles. The molecule has 2 N–H and O–H groups in total.